The summed E-state index contributed by atoms with van der Waals surface area (Å²) in [6.07, 6.45) is 0. The third kappa shape index (κ3) is 2.91. The van der Waals surface area contributed by atoms with Gasteiger partial charge < -0.3 is 10.2 Å². The summed E-state index contributed by atoms with van der Waals surface area (Å²) in [7, 11) is -3.77. The molecule has 0 aliphatic carbocycles. The van der Waals surface area contributed by atoms with Gasteiger partial charge in [0.05, 0.1) is 12.2 Å². The molecule has 0 aliphatic rings. The smallest absolute Gasteiger partial charge is 0.295 e. The van der Waals surface area contributed by atoms with E-state index in [1.807, 2.05) is 0 Å². The Morgan fingerprint density at radius 3 is 2.68 bits per heavy atom. The number of furan rings is 1. The lowest BCUT2D eigenvalue weighted by molar-refractivity contribution is 0.417. The van der Waals surface area contributed by atoms with Crippen molar-refractivity contribution in [2.45, 2.75) is 18.6 Å². The van der Waals surface area contributed by atoms with Crippen LogP contribution < -0.4 is 10.5 Å². The minimum atomic E-state index is -3.77. The molecule has 0 spiro atoms. The van der Waals surface area contributed by atoms with Gasteiger partial charge in [-0.3, -0.25) is 4.72 Å². The summed E-state index contributed by atoms with van der Waals surface area (Å²) < 4.78 is 31.8. The van der Waals surface area contributed by atoms with Gasteiger partial charge in [0.15, 0.2) is 0 Å². The van der Waals surface area contributed by atoms with Gasteiger partial charge in [0.25, 0.3) is 10.0 Å². The molecule has 5 nitrogen and oxygen atoms in total. The monoisotopic (exact) mass is 300 g/mol. The van der Waals surface area contributed by atoms with E-state index in [0.29, 0.717) is 22.0 Å². The quantitative estimate of drug-likeness (QED) is 0.908. The summed E-state index contributed by atoms with van der Waals surface area (Å²) in [6.45, 7) is 1.87. The second-order valence-electron chi connectivity index (χ2n) is 3.94. The van der Waals surface area contributed by atoms with E-state index in [2.05, 4.69) is 4.72 Å². The molecule has 0 saturated heterocycles. The van der Waals surface area contributed by atoms with Crippen molar-refractivity contribution >= 4 is 27.3 Å². The number of nitrogens with two attached hydrogens (primary N) is 1. The lowest BCUT2D eigenvalue weighted by Gasteiger charge is -2.09. The van der Waals surface area contributed by atoms with Crippen LogP contribution in [0.1, 0.15) is 11.3 Å². The number of hydrogen-bond acceptors (Lipinski definition) is 4. The van der Waals surface area contributed by atoms with Crippen LogP contribution in [0, 0.1) is 6.92 Å². The first-order chi connectivity index (χ1) is 8.94. The number of hydrogen-bond donors (Lipinski definition) is 2. The second-order valence-corrected chi connectivity index (χ2v) is 5.96. The highest BCUT2D eigenvalue weighted by Crippen LogP contribution is 2.25. The lowest BCUT2D eigenvalue weighted by Crippen LogP contribution is -2.13. The van der Waals surface area contributed by atoms with Crippen molar-refractivity contribution in [1.29, 1.82) is 0 Å². The molecule has 19 heavy (non-hydrogen) atoms. The first-order valence-electron chi connectivity index (χ1n) is 5.51. The van der Waals surface area contributed by atoms with Gasteiger partial charge >= 0.3 is 0 Å². The Labute approximate surface area is 116 Å². The summed E-state index contributed by atoms with van der Waals surface area (Å²) in [6, 6.07) is 7.88. The van der Waals surface area contributed by atoms with Crippen molar-refractivity contribution in [3.8, 4) is 0 Å². The van der Waals surface area contributed by atoms with Crippen LogP contribution in [0.4, 0.5) is 5.69 Å². The molecule has 0 radical (unpaired) electrons. The molecule has 1 heterocycles. The SMILES string of the molecule is Cc1c(Cl)cccc1NS(=O)(=O)c1ccc(CN)o1. The molecule has 102 valence electrons. The second kappa shape index (κ2) is 5.24. The minimum absolute atomic E-state index is 0.145. The molecule has 0 saturated carbocycles. The maximum atomic E-state index is 12.1. The fraction of sp³-hybridized carbons (Fsp3) is 0.167. The van der Waals surface area contributed by atoms with E-state index in [9.17, 15) is 8.42 Å². The van der Waals surface area contributed by atoms with Gasteiger partial charge in [-0.25, -0.2) is 0 Å². The maximum Gasteiger partial charge on any atom is 0.295 e. The largest absolute Gasteiger partial charge is 0.446 e. The van der Waals surface area contributed by atoms with E-state index in [0.717, 1.165) is 0 Å². The lowest BCUT2D eigenvalue weighted by atomic mass is 10.2. The molecule has 0 atom stereocenters. The fourth-order valence-corrected chi connectivity index (χ4v) is 2.78. The fourth-order valence-electron chi connectivity index (χ4n) is 1.53. The summed E-state index contributed by atoms with van der Waals surface area (Å²) in [5, 5.41) is 0.314. The van der Waals surface area contributed by atoms with Gasteiger partial charge in [0.2, 0.25) is 5.09 Å². The van der Waals surface area contributed by atoms with Crippen molar-refractivity contribution in [2.75, 3.05) is 4.72 Å². The van der Waals surface area contributed by atoms with E-state index in [1.54, 1.807) is 25.1 Å². The van der Waals surface area contributed by atoms with Gasteiger partial charge in [0.1, 0.15) is 5.76 Å². The highest BCUT2D eigenvalue weighted by atomic mass is 35.5. The van der Waals surface area contributed by atoms with Crippen LogP contribution in [0.15, 0.2) is 39.8 Å². The Morgan fingerprint density at radius 2 is 2.05 bits per heavy atom. The van der Waals surface area contributed by atoms with Crippen molar-refractivity contribution in [1.82, 2.24) is 0 Å². The molecule has 0 unspecified atom stereocenters. The molecule has 0 amide bonds. The Balaban J connectivity index is 2.33. The van der Waals surface area contributed by atoms with Gasteiger partial charge in [-0.2, -0.15) is 8.42 Å². The molecule has 1 aromatic carbocycles. The van der Waals surface area contributed by atoms with E-state index in [-0.39, 0.29) is 11.6 Å². The van der Waals surface area contributed by atoms with E-state index < -0.39 is 10.0 Å². The Kier molecular flexibility index (Phi) is 3.84. The molecular formula is C12H13ClN2O3S. The average Bonchev–Trinajstić information content (AvgIpc) is 2.84. The Bertz CT molecular complexity index is 695. The maximum absolute atomic E-state index is 12.1. The molecule has 7 heteroatoms. The molecule has 0 fully saturated rings. The molecule has 1 aromatic heterocycles. The Morgan fingerprint density at radius 1 is 1.32 bits per heavy atom. The molecular weight excluding hydrogens is 288 g/mol. The normalized spacial score (nSPS) is 11.5. The molecule has 3 N–H and O–H groups in total. The predicted molar refractivity (Wildman–Crippen MR) is 73.6 cm³/mol. The average molecular weight is 301 g/mol. The molecule has 0 bridgehead atoms. The van der Waals surface area contributed by atoms with Crippen molar-refractivity contribution < 1.29 is 12.8 Å². The standard InChI is InChI=1S/C12H13ClN2O3S/c1-8-10(13)3-2-4-11(8)15-19(16,17)12-6-5-9(7-14)18-12/h2-6,15H,7,14H2,1H3. The van der Waals surface area contributed by atoms with Crippen LogP contribution in [0.3, 0.4) is 0 Å². The van der Waals surface area contributed by atoms with Crippen molar-refractivity contribution in [3.05, 3.63) is 46.7 Å². The van der Waals surface area contributed by atoms with E-state index in [4.69, 9.17) is 21.8 Å². The summed E-state index contributed by atoms with van der Waals surface area (Å²) in [5.41, 5.74) is 6.44. The van der Waals surface area contributed by atoms with Crippen LogP contribution in [0.2, 0.25) is 5.02 Å². The summed E-state index contributed by atoms with van der Waals surface area (Å²) in [5.74, 6) is 0.406. The van der Waals surface area contributed by atoms with Gasteiger partial charge in [-0.05, 0) is 36.8 Å². The first kappa shape index (κ1) is 13.9. The topological polar surface area (TPSA) is 85.3 Å². The molecule has 2 aromatic rings. The van der Waals surface area contributed by atoms with Crippen LogP contribution in [-0.2, 0) is 16.6 Å². The Hall–Kier alpha value is -1.50. The number of sulfonamides is 1. The van der Waals surface area contributed by atoms with Crippen LogP contribution >= 0.6 is 11.6 Å². The van der Waals surface area contributed by atoms with Gasteiger partial charge in [-0.1, -0.05) is 17.7 Å². The van der Waals surface area contributed by atoms with Crippen LogP contribution in [0.5, 0.6) is 0 Å². The zero-order valence-corrected chi connectivity index (χ0v) is 11.8. The highest BCUT2D eigenvalue weighted by Gasteiger charge is 2.19. The van der Waals surface area contributed by atoms with Crippen LogP contribution in [0.25, 0.3) is 0 Å². The van der Waals surface area contributed by atoms with Crippen molar-refractivity contribution in [3.63, 3.8) is 0 Å². The van der Waals surface area contributed by atoms with Crippen molar-refractivity contribution in [2.24, 2.45) is 5.73 Å². The molecule has 0 aliphatic heterocycles. The van der Waals surface area contributed by atoms with E-state index >= 15 is 0 Å². The number of anilines is 1. The number of benzene rings is 1. The highest BCUT2D eigenvalue weighted by molar-refractivity contribution is 7.92. The zero-order chi connectivity index (χ0) is 14.0. The first-order valence-corrected chi connectivity index (χ1v) is 7.37. The predicted octanol–water partition coefficient (Wildman–Crippen LogP) is 2.50. The molecule has 2 rings (SSSR count). The third-order valence-electron chi connectivity index (χ3n) is 2.62. The number of rotatable bonds is 4. The van der Waals surface area contributed by atoms with E-state index in [1.165, 1.54) is 12.1 Å². The zero-order valence-electron chi connectivity index (χ0n) is 10.2. The minimum Gasteiger partial charge on any atom is -0.446 e. The van der Waals surface area contributed by atoms with Gasteiger partial charge in [0, 0.05) is 5.02 Å². The summed E-state index contributed by atoms with van der Waals surface area (Å²) >= 11 is 5.94. The summed E-state index contributed by atoms with van der Waals surface area (Å²) in [4.78, 5) is 0. The number of halogens is 1. The van der Waals surface area contributed by atoms with Crippen LogP contribution in [-0.4, -0.2) is 8.42 Å². The number of nitrogens with one attached hydrogen (secondary N) is 1. The third-order valence-corrected chi connectivity index (χ3v) is 4.26. The van der Waals surface area contributed by atoms with Gasteiger partial charge in [-0.15, -0.1) is 0 Å².